The van der Waals surface area contributed by atoms with Gasteiger partial charge in [0.1, 0.15) is 6.04 Å². The fraction of sp³-hybridized carbons (Fsp3) is 0.412. The number of fused-ring (bicyclic) bond motifs is 1. The number of carbonyl (C=O) groups is 4. The summed E-state index contributed by atoms with van der Waals surface area (Å²) in [6.07, 6.45) is -0.771. The third-order valence-electron chi connectivity index (χ3n) is 4.78. The molecule has 7 heteroatoms. The second kappa shape index (κ2) is 6.07. The van der Waals surface area contributed by atoms with Crippen LogP contribution in [-0.4, -0.2) is 44.9 Å². The number of aliphatic carboxylic acids is 2. The summed E-state index contributed by atoms with van der Waals surface area (Å²) in [6, 6.07) is -1.49. The maximum absolute atomic E-state index is 12.7. The van der Waals surface area contributed by atoms with E-state index in [9.17, 15) is 24.3 Å². The predicted octanol–water partition coefficient (Wildman–Crippen LogP) is 1.83. The summed E-state index contributed by atoms with van der Waals surface area (Å²) in [6.45, 7) is 7.14. The summed E-state index contributed by atoms with van der Waals surface area (Å²) in [5.74, 6) is -3.92. The fourth-order valence-electron chi connectivity index (χ4n) is 3.09. The van der Waals surface area contributed by atoms with Crippen molar-refractivity contribution < 1.29 is 29.4 Å². The Hall–Kier alpha value is -2.70. The molecule has 24 heavy (non-hydrogen) atoms. The number of rotatable bonds is 5. The molecule has 0 saturated carbocycles. The Morgan fingerprint density at radius 3 is 1.62 bits per heavy atom. The quantitative estimate of drug-likeness (QED) is 0.795. The molecular weight excluding hydrogens is 314 g/mol. The lowest BCUT2D eigenvalue weighted by molar-refractivity contribution is -0.142. The van der Waals surface area contributed by atoms with Gasteiger partial charge in [0.05, 0.1) is 11.1 Å². The minimum absolute atomic E-state index is 0.224. The number of benzene rings is 1. The van der Waals surface area contributed by atoms with Crippen LogP contribution >= 0.6 is 0 Å². The molecule has 1 aromatic rings. The van der Waals surface area contributed by atoms with Crippen LogP contribution in [0.15, 0.2) is 0 Å². The van der Waals surface area contributed by atoms with E-state index in [0.717, 1.165) is 11.1 Å². The molecule has 1 unspecified atom stereocenters. The summed E-state index contributed by atoms with van der Waals surface area (Å²) in [5, 5.41) is 18.1. The zero-order valence-electron chi connectivity index (χ0n) is 14.0. The van der Waals surface area contributed by atoms with E-state index in [1.807, 2.05) is 13.8 Å². The molecule has 1 aliphatic heterocycles. The van der Waals surface area contributed by atoms with Gasteiger partial charge in [-0.3, -0.25) is 19.3 Å². The third kappa shape index (κ3) is 2.55. The van der Waals surface area contributed by atoms with E-state index >= 15 is 0 Å². The summed E-state index contributed by atoms with van der Waals surface area (Å²) in [4.78, 5) is 48.4. The maximum atomic E-state index is 12.7. The largest absolute Gasteiger partial charge is 0.481 e. The van der Waals surface area contributed by atoms with Crippen molar-refractivity contribution >= 4 is 23.8 Å². The van der Waals surface area contributed by atoms with Gasteiger partial charge in [-0.05, 0) is 56.4 Å². The molecular formula is C17H19NO6. The molecule has 0 spiro atoms. The molecule has 2 rings (SSSR count). The first-order valence-electron chi connectivity index (χ1n) is 7.52. The van der Waals surface area contributed by atoms with Crippen molar-refractivity contribution in [2.75, 3.05) is 0 Å². The van der Waals surface area contributed by atoms with Crippen molar-refractivity contribution in [3.63, 3.8) is 0 Å². The van der Waals surface area contributed by atoms with Crippen LogP contribution in [0, 0.1) is 27.7 Å². The van der Waals surface area contributed by atoms with Gasteiger partial charge in [0.15, 0.2) is 0 Å². The number of carboxylic acid groups (broad SMARTS) is 2. The minimum Gasteiger partial charge on any atom is -0.481 e. The predicted molar refractivity (Wildman–Crippen MR) is 84.2 cm³/mol. The van der Waals surface area contributed by atoms with Gasteiger partial charge < -0.3 is 10.2 Å². The number of carbonyl (C=O) groups excluding carboxylic acids is 2. The molecule has 0 aliphatic carbocycles. The van der Waals surface area contributed by atoms with Crippen LogP contribution in [0.1, 0.15) is 55.8 Å². The average molecular weight is 333 g/mol. The second-order valence-electron chi connectivity index (χ2n) is 6.02. The lowest BCUT2D eigenvalue weighted by Gasteiger charge is -2.22. The smallest absolute Gasteiger partial charge is 0.326 e. The van der Waals surface area contributed by atoms with E-state index in [4.69, 9.17) is 5.11 Å². The highest BCUT2D eigenvalue weighted by molar-refractivity contribution is 6.24. The van der Waals surface area contributed by atoms with Gasteiger partial charge >= 0.3 is 11.9 Å². The molecule has 0 bridgehead atoms. The van der Waals surface area contributed by atoms with Gasteiger partial charge in [0.2, 0.25) is 0 Å². The molecule has 0 fully saturated rings. The summed E-state index contributed by atoms with van der Waals surface area (Å²) < 4.78 is 0. The van der Waals surface area contributed by atoms with E-state index in [2.05, 4.69) is 0 Å². The van der Waals surface area contributed by atoms with Gasteiger partial charge in [-0.2, -0.15) is 0 Å². The Kier molecular flexibility index (Phi) is 4.46. The molecule has 1 heterocycles. The molecule has 0 aromatic heterocycles. The van der Waals surface area contributed by atoms with Crippen molar-refractivity contribution in [2.45, 2.75) is 46.6 Å². The Labute approximate surface area is 138 Å². The number of nitrogens with zero attached hydrogens (tertiary/aromatic N) is 1. The molecule has 2 N–H and O–H groups in total. The van der Waals surface area contributed by atoms with Gasteiger partial charge in [-0.25, -0.2) is 4.79 Å². The van der Waals surface area contributed by atoms with Crippen LogP contribution in [0.2, 0.25) is 0 Å². The highest BCUT2D eigenvalue weighted by Crippen LogP contribution is 2.34. The molecule has 1 aliphatic rings. The molecule has 1 atom stereocenters. The maximum Gasteiger partial charge on any atom is 0.326 e. The molecule has 2 amide bonds. The first-order chi connectivity index (χ1) is 11.1. The fourth-order valence-corrected chi connectivity index (χ4v) is 3.09. The third-order valence-corrected chi connectivity index (χ3v) is 4.78. The molecule has 7 nitrogen and oxygen atoms in total. The van der Waals surface area contributed by atoms with Crippen molar-refractivity contribution in [3.05, 3.63) is 33.4 Å². The first-order valence-corrected chi connectivity index (χ1v) is 7.52. The van der Waals surface area contributed by atoms with Crippen LogP contribution in [-0.2, 0) is 9.59 Å². The van der Waals surface area contributed by atoms with Crippen LogP contribution in [0.25, 0.3) is 0 Å². The van der Waals surface area contributed by atoms with Gasteiger partial charge in [0, 0.05) is 6.42 Å². The van der Waals surface area contributed by atoms with Crippen LogP contribution in [0.3, 0.4) is 0 Å². The molecule has 0 radical (unpaired) electrons. The van der Waals surface area contributed by atoms with E-state index in [1.54, 1.807) is 13.8 Å². The minimum atomic E-state index is -1.49. The van der Waals surface area contributed by atoms with E-state index in [0.29, 0.717) is 16.0 Å². The number of hydrogen-bond acceptors (Lipinski definition) is 4. The Morgan fingerprint density at radius 1 is 0.875 bits per heavy atom. The Balaban J connectivity index is 2.57. The average Bonchev–Trinajstić information content (AvgIpc) is 2.75. The van der Waals surface area contributed by atoms with Crippen LogP contribution in [0.4, 0.5) is 0 Å². The van der Waals surface area contributed by atoms with Gasteiger partial charge in [-0.1, -0.05) is 0 Å². The highest BCUT2D eigenvalue weighted by Gasteiger charge is 2.45. The van der Waals surface area contributed by atoms with Crippen LogP contribution < -0.4 is 0 Å². The number of amides is 2. The van der Waals surface area contributed by atoms with Crippen molar-refractivity contribution in [1.29, 1.82) is 0 Å². The number of imide groups is 1. The van der Waals surface area contributed by atoms with E-state index in [-0.39, 0.29) is 17.5 Å². The summed E-state index contributed by atoms with van der Waals surface area (Å²) in [7, 11) is 0. The van der Waals surface area contributed by atoms with Crippen molar-refractivity contribution in [1.82, 2.24) is 4.90 Å². The Morgan fingerprint density at radius 2 is 1.29 bits per heavy atom. The highest BCUT2D eigenvalue weighted by atomic mass is 16.4. The van der Waals surface area contributed by atoms with Gasteiger partial charge in [0.25, 0.3) is 11.8 Å². The summed E-state index contributed by atoms with van der Waals surface area (Å²) in [5.41, 5.74) is 3.51. The van der Waals surface area contributed by atoms with Crippen molar-refractivity contribution in [3.8, 4) is 0 Å². The first kappa shape index (κ1) is 17.7. The van der Waals surface area contributed by atoms with Crippen LogP contribution in [0.5, 0.6) is 0 Å². The summed E-state index contributed by atoms with van der Waals surface area (Å²) >= 11 is 0. The second-order valence-corrected chi connectivity index (χ2v) is 6.02. The van der Waals surface area contributed by atoms with Gasteiger partial charge in [-0.15, -0.1) is 0 Å². The zero-order valence-corrected chi connectivity index (χ0v) is 14.0. The number of carboxylic acids is 2. The van der Waals surface area contributed by atoms with E-state index in [1.165, 1.54) is 0 Å². The topological polar surface area (TPSA) is 112 Å². The van der Waals surface area contributed by atoms with E-state index < -0.39 is 36.2 Å². The zero-order chi connectivity index (χ0) is 18.3. The normalized spacial score (nSPS) is 14.8. The number of hydrogen-bond donors (Lipinski definition) is 2. The molecule has 0 saturated heterocycles. The standard InChI is InChI=1S/C17H19NO6/c1-7-8(2)10(4)14-13(9(7)3)15(21)18(16(14)22)11(17(23)24)5-6-12(19)20/h11H,5-6H2,1-4H3,(H,19,20)(H,23,24). The molecule has 128 valence electrons. The van der Waals surface area contributed by atoms with Crippen molar-refractivity contribution in [2.24, 2.45) is 0 Å². The Bertz CT molecular complexity index is 733. The SMILES string of the molecule is Cc1c(C)c(C)c2c(c1C)C(=O)N(C(CCC(=O)O)C(=O)O)C2=O. The lowest BCUT2D eigenvalue weighted by atomic mass is 9.90. The lowest BCUT2D eigenvalue weighted by Crippen LogP contribution is -2.45. The monoisotopic (exact) mass is 333 g/mol. The molecule has 1 aromatic carbocycles.